The number of para-hydroxylation sites is 1. The van der Waals surface area contributed by atoms with Gasteiger partial charge >= 0.3 is 0 Å². The van der Waals surface area contributed by atoms with Crippen molar-refractivity contribution in [3.05, 3.63) is 30.0 Å². The van der Waals surface area contributed by atoms with E-state index in [1.165, 1.54) is 6.92 Å². The molecule has 1 heterocycles. The number of aryl methyl sites for hydroxylation is 1. The zero-order valence-corrected chi connectivity index (χ0v) is 14.8. The number of carbonyl (C=O) groups excluding carboxylic acids is 2. The van der Waals surface area contributed by atoms with Gasteiger partial charge in [0, 0.05) is 11.9 Å². The molecule has 2 atom stereocenters. The highest BCUT2D eigenvalue weighted by molar-refractivity contribution is 6.06. The van der Waals surface area contributed by atoms with Crippen molar-refractivity contribution >= 4 is 22.7 Å². The van der Waals surface area contributed by atoms with E-state index in [4.69, 9.17) is 5.73 Å². The quantitative estimate of drug-likeness (QED) is 0.767. The standard InChI is InChI=1S/C18H25FN4O2/c1-11(2)15(17(20)24)21-18(25)16-13-8-4-5-9-14(13)23(22-16)10-6-7-12(3)19/h4-5,8-9,11-12,15H,6-7,10H2,1-3H3,(H2,20,24)(H,21,25)/t12-,15+/m0/s1. The van der Waals surface area contributed by atoms with Gasteiger partial charge in [-0.25, -0.2) is 4.39 Å². The number of hydrogen-bond donors (Lipinski definition) is 2. The van der Waals surface area contributed by atoms with Gasteiger partial charge in [-0.15, -0.1) is 0 Å². The Bertz CT molecular complexity index is 755. The lowest BCUT2D eigenvalue weighted by molar-refractivity contribution is -0.120. The second-order valence-corrected chi connectivity index (χ2v) is 6.61. The van der Waals surface area contributed by atoms with Crippen molar-refractivity contribution in [1.82, 2.24) is 15.1 Å². The Balaban J connectivity index is 2.28. The summed E-state index contributed by atoms with van der Waals surface area (Å²) in [6.45, 7) is 5.66. The summed E-state index contributed by atoms with van der Waals surface area (Å²) < 4.78 is 14.7. The van der Waals surface area contributed by atoms with Crippen LogP contribution in [0.5, 0.6) is 0 Å². The molecule has 0 radical (unpaired) electrons. The lowest BCUT2D eigenvalue weighted by Gasteiger charge is -2.18. The van der Waals surface area contributed by atoms with Crippen molar-refractivity contribution in [2.24, 2.45) is 11.7 Å². The van der Waals surface area contributed by atoms with E-state index in [-0.39, 0.29) is 11.6 Å². The summed E-state index contributed by atoms with van der Waals surface area (Å²) >= 11 is 0. The largest absolute Gasteiger partial charge is 0.368 e. The van der Waals surface area contributed by atoms with E-state index in [9.17, 15) is 14.0 Å². The molecule has 2 rings (SSSR count). The molecule has 136 valence electrons. The third-order valence-electron chi connectivity index (χ3n) is 4.10. The van der Waals surface area contributed by atoms with Gasteiger partial charge in [0.15, 0.2) is 5.69 Å². The van der Waals surface area contributed by atoms with Crippen LogP contribution in [-0.4, -0.2) is 33.8 Å². The summed E-state index contributed by atoms with van der Waals surface area (Å²) in [5.74, 6) is -1.14. The number of primary amides is 1. The molecule has 0 bridgehead atoms. The maximum Gasteiger partial charge on any atom is 0.273 e. The number of carbonyl (C=O) groups is 2. The molecular formula is C18H25FN4O2. The van der Waals surface area contributed by atoms with Crippen molar-refractivity contribution in [2.45, 2.75) is 52.4 Å². The molecule has 0 aliphatic carbocycles. The Labute approximate surface area is 146 Å². The first-order chi connectivity index (χ1) is 11.8. The van der Waals surface area contributed by atoms with Crippen LogP contribution in [0.3, 0.4) is 0 Å². The lowest BCUT2D eigenvalue weighted by atomic mass is 10.0. The van der Waals surface area contributed by atoms with Crippen LogP contribution in [0.4, 0.5) is 4.39 Å². The van der Waals surface area contributed by atoms with Gasteiger partial charge in [0.2, 0.25) is 5.91 Å². The van der Waals surface area contributed by atoms with E-state index in [0.29, 0.717) is 24.8 Å². The summed E-state index contributed by atoms with van der Waals surface area (Å²) in [7, 11) is 0. The smallest absolute Gasteiger partial charge is 0.273 e. The fraction of sp³-hybridized carbons (Fsp3) is 0.500. The van der Waals surface area contributed by atoms with Gasteiger partial charge < -0.3 is 11.1 Å². The Morgan fingerprint density at radius 2 is 1.96 bits per heavy atom. The van der Waals surface area contributed by atoms with Gasteiger partial charge in [0.25, 0.3) is 5.91 Å². The lowest BCUT2D eigenvalue weighted by Crippen LogP contribution is -2.47. The van der Waals surface area contributed by atoms with Crippen LogP contribution in [0, 0.1) is 5.92 Å². The molecule has 2 aromatic rings. The van der Waals surface area contributed by atoms with Crippen LogP contribution < -0.4 is 11.1 Å². The first kappa shape index (κ1) is 18.9. The number of fused-ring (bicyclic) bond motifs is 1. The van der Waals surface area contributed by atoms with E-state index < -0.39 is 24.0 Å². The fourth-order valence-electron chi connectivity index (χ4n) is 2.76. The molecule has 0 spiro atoms. The monoisotopic (exact) mass is 348 g/mol. The third kappa shape index (κ3) is 4.55. The number of amides is 2. The highest BCUT2D eigenvalue weighted by Crippen LogP contribution is 2.20. The van der Waals surface area contributed by atoms with E-state index >= 15 is 0 Å². The van der Waals surface area contributed by atoms with Crippen molar-refractivity contribution < 1.29 is 14.0 Å². The number of aromatic nitrogens is 2. The molecule has 0 aliphatic rings. The van der Waals surface area contributed by atoms with E-state index in [1.807, 2.05) is 32.0 Å². The molecule has 0 fully saturated rings. The first-order valence-corrected chi connectivity index (χ1v) is 8.51. The number of nitrogens with one attached hydrogen (secondary N) is 1. The number of halogens is 1. The maximum atomic E-state index is 13.0. The van der Waals surface area contributed by atoms with E-state index in [1.54, 1.807) is 10.7 Å². The molecule has 1 aromatic carbocycles. The molecular weight excluding hydrogens is 323 g/mol. The Morgan fingerprint density at radius 3 is 2.56 bits per heavy atom. The number of benzene rings is 1. The van der Waals surface area contributed by atoms with Crippen molar-refractivity contribution in [3.8, 4) is 0 Å². The van der Waals surface area contributed by atoms with Gasteiger partial charge in [0.05, 0.1) is 11.7 Å². The molecule has 0 saturated heterocycles. The molecule has 0 saturated carbocycles. The van der Waals surface area contributed by atoms with Crippen LogP contribution in [0.25, 0.3) is 10.9 Å². The molecule has 6 nitrogen and oxygen atoms in total. The van der Waals surface area contributed by atoms with Crippen molar-refractivity contribution in [2.75, 3.05) is 0 Å². The zero-order valence-electron chi connectivity index (χ0n) is 14.8. The Kier molecular flexibility index (Phi) is 6.12. The van der Waals surface area contributed by atoms with Gasteiger partial charge in [-0.05, 0) is 31.7 Å². The van der Waals surface area contributed by atoms with E-state index in [2.05, 4.69) is 10.4 Å². The molecule has 1 aromatic heterocycles. The Morgan fingerprint density at radius 1 is 1.28 bits per heavy atom. The topological polar surface area (TPSA) is 90.0 Å². The highest BCUT2D eigenvalue weighted by Gasteiger charge is 2.25. The summed E-state index contributed by atoms with van der Waals surface area (Å²) in [6.07, 6.45) is 0.194. The van der Waals surface area contributed by atoms with Crippen LogP contribution >= 0.6 is 0 Å². The van der Waals surface area contributed by atoms with Gasteiger partial charge in [-0.1, -0.05) is 32.0 Å². The minimum atomic E-state index is -0.869. The van der Waals surface area contributed by atoms with Gasteiger partial charge in [-0.3, -0.25) is 14.3 Å². The Hall–Kier alpha value is -2.44. The SMILES string of the molecule is CC(C)[C@@H](NC(=O)c1nn(CCC[C@H](C)F)c2ccccc12)C(N)=O. The number of alkyl halides is 1. The predicted molar refractivity (Wildman–Crippen MR) is 94.8 cm³/mol. The molecule has 7 heteroatoms. The molecule has 0 aliphatic heterocycles. The average Bonchev–Trinajstić information content (AvgIpc) is 2.90. The number of nitrogens with zero attached hydrogens (tertiary/aromatic N) is 2. The molecule has 0 unspecified atom stereocenters. The highest BCUT2D eigenvalue weighted by atomic mass is 19.1. The zero-order chi connectivity index (χ0) is 18.6. The van der Waals surface area contributed by atoms with Gasteiger partial charge in [-0.2, -0.15) is 5.10 Å². The number of rotatable bonds is 8. The predicted octanol–water partition coefficient (Wildman–Crippen LogP) is 2.41. The normalized spacial score (nSPS) is 13.8. The summed E-state index contributed by atoms with van der Waals surface area (Å²) in [4.78, 5) is 24.1. The number of hydrogen-bond acceptors (Lipinski definition) is 3. The van der Waals surface area contributed by atoms with Crippen LogP contribution in [0.2, 0.25) is 0 Å². The molecule has 3 N–H and O–H groups in total. The first-order valence-electron chi connectivity index (χ1n) is 8.51. The number of nitrogens with two attached hydrogens (primary N) is 1. The summed E-state index contributed by atoms with van der Waals surface area (Å²) in [5.41, 5.74) is 6.41. The van der Waals surface area contributed by atoms with Crippen molar-refractivity contribution in [3.63, 3.8) is 0 Å². The summed E-state index contributed by atoms with van der Waals surface area (Å²) in [6, 6.07) is 6.60. The molecule has 2 amide bonds. The van der Waals surface area contributed by atoms with Crippen LogP contribution in [0.15, 0.2) is 24.3 Å². The third-order valence-corrected chi connectivity index (χ3v) is 4.10. The van der Waals surface area contributed by atoms with E-state index in [0.717, 1.165) is 5.52 Å². The van der Waals surface area contributed by atoms with Gasteiger partial charge in [0.1, 0.15) is 6.04 Å². The second kappa shape index (κ2) is 8.09. The minimum Gasteiger partial charge on any atom is -0.368 e. The summed E-state index contributed by atoms with van der Waals surface area (Å²) in [5, 5.41) is 7.75. The second-order valence-electron chi connectivity index (χ2n) is 6.61. The average molecular weight is 348 g/mol. The maximum absolute atomic E-state index is 13.0. The fourth-order valence-corrected chi connectivity index (χ4v) is 2.76. The minimum absolute atomic E-state index is 0.124. The van der Waals surface area contributed by atoms with Crippen LogP contribution in [-0.2, 0) is 11.3 Å². The van der Waals surface area contributed by atoms with Crippen LogP contribution in [0.1, 0.15) is 44.1 Å². The molecule has 25 heavy (non-hydrogen) atoms. The van der Waals surface area contributed by atoms with Crippen molar-refractivity contribution in [1.29, 1.82) is 0 Å².